The number of allylic oxidation sites excluding steroid dienone is 6. The van der Waals surface area contributed by atoms with Crippen molar-refractivity contribution in [2.75, 3.05) is 14.2 Å². The summed E-state index contributed by atoms with van der Waals surface area (Å²) in [6.45, 7) is 9.65. The van der Waals surface area contributed by atoms with Crippen LogP contribution in [0, 0.1) is 20.8 Å². The Kier molecular flexibility index (Phi) is 8.45. The average molecular weight is 384 g/mol. The van der Waals surface area contributed by atoms with E-state index in [4.69, 9.17) is 9.84 Å². The average Bonchev–Trinajstić information content (AvgIpc) is 2.64. The fourth-order valence-electron chi connectivity index (χ4n) is 2.75. The van der Waals surface area contributed by atoms with Crippen LogP contribution in [-0.2, 0) is 14.3 Å². The molecule has 0 spiro atoms. The van der Waals surface area contributed by atoms with Crippen LogP contribution in [0.1, 0.15) is 36.1 Å². The minimum atomic E-state index is -1.31. The van der Waals surface area contributed by atoms with Gasteiger partial charge in [0.05, 0.1) is 14.2 Å². The van der Waals surface area contributed by atoms with Crippen LogP contribution < -0.4 is 4.74 Å². The van der Waals surface area contributed by atoms with E-state index in [1.165, 1.54) is 5.56 Å². The first-order valence-corrected chi connectivity index (χ1v) is 8.84. The number of hydrogen-bond donors (Lipinski definition) is 1. The predicted molar refractivity (Wildman–Crippen MR) is 111 cm³/mol. The van der Waals surface area contributed by atoms with Crippen molar-refractivity contribution >= 4 is 18.0 Å². The van der Waals surface area contributed by atoms with Crippen molar-refractivity contribution in [2.24, 2.45) is 0 Å². The molecule has 0 atom stereocenters. The van der Waals surface area contributed by atoms with Gasteiger partial charge in [-0.15, -0.1) is 0 Å². The molecule has 0 aliphatic rings. The third kappa shape index (κ3) is 5.71. The number of hydrogen-bond acceptors (Lipinski definition) is 4. The Hall–Kier alpha value is -3.08. The molecule has 150 valence electrons. The molecule has 28 heavy (non-hydrogen) atoms. The van der Waals surface area contributed by atoms with Gasteiger partial charge in [-0.1, -0.05) is 36.0 Å². The Bertz CT molecular complexity index is 883. The third-order valence-corrected chi connectivity index (χ3v) is 4.54. The normalized spacial score (nSPS) is 13.0. The Morgan fingerprint density at radius 2 is 1.68 bits per heavy atom. The van der Waals surface area contributed by atoms with Crippen LogP contribution in [0.25, 0.3) is 6.08 Å². The van der Waals surface area contributed by atoms with Gasteiger partial charge in [-0.25, -0.2) is 9.59 Å². The summed E-state index contributed by atoms with van der Waals surface area (Å²) in [5.41, 5.74) is 5.47. The van der Waals surface area contributed by atoms with Gasteiger partial charge in [-0.3, -0.25) is 0 Å². The molecular formula is C23H28O5. The third-order valence-electron chi connectivity index (χ3n) is 4.54. The highest BCUT2D eigenvalue weighted by Gasteiger charge is 2.19. The van der Waals surface area contributed by atoms with Gasteiger partial charge in [-0.05, 0) is 68.5 Å². The summed E-state index contributed by atoms with van der Waals surface area (Å²) in [7, 11) is 2.82. The quantitative estimate of drug-likeness (QED) is 0.242. The summed E-state index contributed by atoms with van der Waals surface area (Å²) in [5, 5.41) is 9.15. The molecule has 0 saturated carbocycles. The second-order valence-corrected chi connectivity index (χ2v) is 6.52. The van der Waals surface area contributed by atoms with E-state index in [0.717, 1.165) is 35.1 Å². The summed E-state index contributed by atoms with van der Waals surface area (Å²) in [6.07, 6.45) is 9.17. The van der Waals surface area contributed by atoms with Crippen molar-refractivity contribution in [3.8, 4) is 5.75 Å². The minimum absolute atomic E-state index is 0.324. The van der Waals surface area contributed by atoms with E-state index in [1.54, 1.807) is 26.2 Å². The molecule has 0 amide bonds. The topological polar surface area (TPSA) is 72.8 Å². The first-order chi connectivity index (χ1) is 13.1. The lowest BCUT2D eigenvalue weighted by Crippen LogP contribution is -2.15. The fraction of sp³-hybridized carbons (Fsp3) is 0.304. The summed E-state index contributed by atoms with van der Waals surface area (Å²) in [4.78, 5) is 22.8. The maximum Gasteiger partial charge on any atom is 0.345 e. The zero-order chi connectivity index (χ0) is 21.4. The number of carbonyl (C=O) groups excluding carboxylic acids is 1. The van der Waals surface area contributed by atoms with Crippen LogP contribution in [0.3, 0.4) is 0 Å². The van der Waals surface area contributed by atoms with E-state index < -0.39 is 11.9 Å². The van der Waals surface area contributed by atoms with E-state index in [-0.39, 0.29) is 5.57 Å². The molecule has 1 aromatic carbocycles. The van der Waals surface area contributed by atoms with E-state index in [0.29, 0.717) is 5.57 Å². The number of carbonyl (C=O) groups is 2. The molecule has 0 unspecified atom stereocenters. The summed E-state index contributed by atoms with van der Waals surface area (Å²) in [5.74, 6) is -1.30. The van der Waals surface area contributed by atoms with Gasteiger partial charge in [0.25, 0.3) is 0 Å². The van der Waals surface area contributed by atoms with Crippen LogP contribution in [-0.4, -0.2) is 31.3 Å². The molecule has 0 aromatic heterocycles. The zero-order valence-electron chi connectivity index (χ0n) is 17.5. The molecule has 5 heteroatoms. The Morgan fingerprint density at radius 3 is 2.21 bits per heavy atom. The number of methoxy groups -OCH3 is 2. The largest absolute Gasteiger partial charge is 0.496 e. The Balaban J connectivity index is 3.09. The van der Waals surface area contributed by atoms with Crippen LogP contribution in [0.2, 0.25) is 0 Å². The molecule has 0 bridgehead atoms. The molecule has 5 nitrogen and oxygen atoms in total. The second-order valence-electron chi connectivity index (χ2n) is 6.52. The number of benzene rings is 1. The number of ether oxygens (including phenoxy) is 2. The molecule has 1 rings (SSSR count). The number of esters is 1. The van der Waals surface area contributed by atoms with E-state index >= 15 is 0 Å². The standard InChI is InChI=1S/C23H28O5/c1-14(9-8-10-15(2)21(22(24)25)23(26)28-7)11-12-19-16(3)13-20(27-6)18(5)17(19)4/h8-13H,1-7H3,(H,24,25)/b10-8+,12-11+,14-9+,21-15+. The molecule has 1 aromatic rings. The van der Waals surface area contributed by atoms with Crippen LogP contribution in [0.15, 0.2) is 47.1 Å². The Morgan fingerprint density at radius 1 is 1.04 bits per heavy atom. The van der Waals surface area contributed by atoms with Gasteiger partial charge in [0.2, 0.25) is 0 Å². The molecule has 0 heterocycles. The van der Waals surface area contributed by atoms with E-state index in [1.807, 2.05) is 39.0 Å². The number of carboxylic acid groups (broad SMARTS) is 1. The summed E-state index contributed by atoms with van der Waals surface area (Å²) < 4.78 is 9.91. The number of aliphatic carboxylic acids is 1. The maximum atomic E-state index is 11.6. The van der Waals surface area contributed by atoms with Gasteiger partial charge in [0.1, 0.15) is 11.3 Å². The smallest absolute Gasteiger partial charge is 0.345 e. The van der Waals surface area contributed by atoms with Gasteiger partial charge in [-0.2, -0.15) is 0 Å². The highest BCUT2D eigenvalue weighted by molar-refractivity contribution is 6.14. The van der Waals surface area contributed by atoms with Gasteiger partial charge < -0.3 is 14.6 Å². The fourth-order valence-corrected chi connectivity index (χ4v) is 2.75. The SMILES string of the molecule is COC(=O)/C(C(=O)O)=C(C)/C=C/C=C(C)/C=C/c1c(C)cc(OC)c(C)c1C. The van der Waals surface area contributed by atoms with Gasteiger partial charge >= 0.3 is 11.9 Å². The van der Waals surface area contributed by atoms with Crippen LogP contribution in [0.5, 0.6) is 5.75 Å². The van der Waals surface area contributed by atoms with Crippen molar-refractivity contribution < 1.29 is 24.2 Å². The number of aryl methyl sites for hydroxylation is 1. The van der Waals surface area contributed by atoms with E-state index in [2.05, 4.69) is 17.7 Å². The van der Waals surface area contributed by atoms with Gasteiger partial charge in [0.15, 0.2) is 0 Å². The first-order valence-electron chi connectivity index (χ1n) is 8.84. The molecule has 0 aliphatic heterocycles. The van der Waals surface area contributed by atoms with Crippen molar-refractivity contribution in [2.45, 2.75) is 34.6 Å². The van der Waals surface area contributed by atoms with Crippen molar-refractivity contribution in [3.05, 3.63) is 69.3 Å². The summed E-state index contributed by atoms with van der Waals surface area (Å²) in [6, 6.07) is 2.02. The Labute approximate surface area is 166 Å². The van der Waals surface area contributed by atoms with Gasteiger partial charge in [0, 0.05) is 0 Å². The second kappa shape index (κ2) is 10.3. The highest BCUT2D eigenvalue weighted by Crippen LogP contribution is 2.28. The van der Waals surface area contributed by atoms with Crippen molar-refractivity contribution in [1.82, 2.24) is 0 Å². The van der Waals surface area contributed by atoms with Crippen LogP contribution in [0.4, 0.5) is 0 Å². The molecule has 0 saturated heterocycles. The summed E-state index contributed by atoms with van der Waals surface area (Å²) >= 11 is 0. The van der Waals surface area contributed by atoms with Crippen molar-refractivity contribution in [1.29, 1.82) is 0 Å². The number of rotatable bonds is 7. The lowest BCUT2D eigenvalue weighted by Gasteiger charge is -2.13. The maximum absolute atomic E-state index is 11.6. The number of carboxylic acids is 1. The van der Waals surface area contributed by atoms with Crippen molar-refractivity contribution in [3.63, 3.8) is 0 Å². The lowest BCUT2D eigenvalue weighted by atomic mass is 9.96. The monoisotopic (exact) mass is 384 g/mol. The molecule has 0 aliphatic carbocycles. The predicted octanol–water partition coefficient (Wildman–Crippen LogP) is 4.71. The highest BCUT2D eigenvalue weighted by atomic mass is 16.5. The lowest BCUT2D eigenvalue weighted by molar-refractivity contribution is -0.142. The first kappa shape index (κ1) is 23.0. The molecule has 1 N–H and O–H groups in total. The van der Waals surface area contributed by atoms with E-state index in [9.17, 15) is 9.59 Å². The zero-order valence-corrected chi connectivity index (χ0v) is 17.5. The molecule has 0 radical (unpaired) electrons. The molecule has 0 fully saturated rings. The molecular weight excluding hydrogens is 356 g/mol. The van der Waals surface area contributed by atoms with Crippen LogP contribution >= 0.6 is 0 Å². The minimum Gasteiger partial charge on any atom is -0.496 e.